The lowest BCUT2D eigenvalue weighted by atomic mass is 10.2. The minimum atomic E-state index is -1.20. The molecular formula is C12H16O2S. The van der Waals surface area contributed by atoms with Gasteiger partial charge in [0.2, 0.25) is 0 Å². The van der Waals surface area contributed by atoms with Crippen molar-refractivity contribution < 1.29 is 9.00 Å². The number of rotatable bonds is 5. The van der Waals surface area contributed by atoms with E-state index in [9.17, 15) is 9.00 Å². The predicted octanol–water partition coefficient (Wildman–Crippen LogP) is 2.55. The Labute approximate surface area is 93.2 Å². The molecule has 0 aromatic heterocycles. The van der Waals surface area contributed by atoms with E-state index in [1.54, 1.807) is 0 Å². The lowest BCUT2D eigenvalue weighted by Crippen LogP contribution is -2.23. The van der Waals surface area contributed by atoms with Crippen molar-refractivity contribution in [2.45, 2.75) is 36.8 Å². The average Bonchev–Trinajstić information content (AvgIpc) is 2.26. The van der Waals surface area contributed by atoms with Crippen LogP contribution in [0, 0.1) is 0 Å². The molecule has 0 N–H and O–H groups in total. The maximum absolute atomic E-state index is 12.1. The number of carbonyl (C=O) groups excluding carboxylic acids is 1. The molecule has 15 heavy (non-hydrogen) atoms. The molecule has 2 unspecified atom stereocenters. The molecule has 0 bridgehead atoms. The first kappa shape index (κ1) is 12.1. The second-order valence-electron chi connectivity index (χ2n) is 3.50. The molecule has 2 nitrogen and oxygen atoms in total. The Morgan fingerprint density at radius 3 is 2.40 bits per heavy atom. The number of ketones is 1. The Morgan fingerprint density at radius 2 is 1.93 bits per heavy atom. The van der Waals surface area contributed by atoms with Crippen LogP contribution in [0.4, 0.5) is 0 Å². The summed E-state index contributed by atoms with van der Waals surface area (Å²) in [4.78, 5) is 12.1. The van der Waals surface area contributed by atoms with Crippen LogP contribution in [0.25, 0.3) is 0 Å². The van der Waals surface area contributed by atoms with Crippen LogP contribution in [0.2, 0.25) is 0 Å². The van der Waals surface area contributed by atoms with E-state index in [0.29, 0.717) is 6.42 Å². The first-order chi connectivity index (χ1) is 7.16. The zero-order valence-electron chi connectivity index (χ0n) is 9.10. The van der Waals surface area contributed by atoms with Crippen LogP contribution in [0.1, 0.15) is 26.7 Å². The van der Waals surface area contributed by atoms with Gasteiger partial charge in [0.25, 0.3) is 0 Å². The molecule has 3 heteroatoms. The Morgan fingerprint density at radius 1 is 1.33 bits per heavy atom. The number of benzene rings is 1. The first-order valence-electron chi connectivity index (χ1n) is 5.13. The molecule has 0 fully saturated rings. The number of hydrogen-bond acceptors (Lipinski definition) is 2. The summed E-state index contributed by atoms with van der Waals surface area (Å²) in [5.74, 6) is 0.0130. The molecule has 0 aliphatic rings. The summed E-state index contributed by atoms with van der Waals surface area (Å²) in [5, 5.41) is -0.350. The third kappa shape index (κ3) is 3.27. The zero-order chi connectivity index (χ0) is 11.3. The van der Waals surface area contributed by atoms with Gasteiger partial charge in [-0.3, -0.25) is 9.00 Å². The summed E-state index contributed by atoms with van der Waals surface area (Å²) in [6.45, 7) is 3.51. The summed E-state index contributed by atoms with van der Waals surface area (Å²) in [6, 6.07) is 9.18. The van der Waals surface area contributed by atoms with Crippen molar-refractivity contribution in [2.24, 2.45) is 0 Å². The third-order valence-corrected chi connectivity index (χ3v) is 4.06. The lowest BCUT2D eigenvalue weighted by Gasteiger charge is -2.12. The molecule has 0 aliphatic carbocycles. The summed E-state index contributed by atoms with van der Waals surface area (Å²) < 4.78 is 12.1. The van der Waals surface area contributed by atoms with E-state index in [-0.39, 0.29) is 11.0 Å². The second-order valence-corrected chi connectivity index (χ2v) is 5.13. The van der Waals surface area contributed by atoms with E-state index in [4.69, 9.17) is 0 Å². The molecule has 82 valence electrons. The minimum absolute atomic E-state index is 0.0130. The zero-order valence-corrected chi connectivity index (χ0v) is 9.92. The lowest BCUT2D eigenvalue weighted by molar-refractivity contribution is -0.116. The van der Waals surface area contributed by atoms with Crippen LogP contribution in [-0.2, 0) is 15.6 Å². The summed E-state index contributed by atoms with van der Waals surface area (Å²) in [5.41, 5.74) is 0. The molecule has 2 atom stereocenters. The van der Waals surface area contributed by atoms with Gasteiger partial charge in [0.1, 0.15) is 5.78 Å². The van der Waals surface area contributed by atoms with Gasteiger partial charge in [-0.05, 0) is 25.5 Å². The topological polar surface area (TPSA) is 34.1 Å². The van der Waals surface area contributed by atoms with Crippen molar-refractivity contribution in [3.63, 3.8) is 0 Å². The van der Waals surface area contributed by atoms with Gasteiger partial charge >= 0.3 is 0 Å². The van der Waals surface area contributed by atoms with E-state index in [1.807, 2.05) is 37.3 Å². The Hall–Kier alpha value is -0.960. The van der Waals surface area contributed by atoms with E-state index in [2.05, 4.69) is 0 Å². The highest BCUT2D eigenvalue weighted by Crippen LogP contribution is 2.15. The SMILES string of the molecule is CCCC(C(C)=O)S(=O)c1ccccc1. The molecule has 0 radical (unpaired) electrons. The largest absolute Gasteiger partial charge is 0.299 e. The summed E-state index contributed by atoms with van der Waals surface area (Å²) in [7, 11) is -1.20. The molecule has 1 aromatic carbocycles. The highest BCUT2D eigenvalue weighted by molar-refractivity contribution is 7.86. The Bertz CT molecular complexity index is 346. The standard InChI is InChI=1S/C12H16O2S/c1-3-7-12(10(2)13)15(14)11-8-5-4-6-9-11/h4-6,8-9,12H,3,7H2,1-2H3. The molecule has 1 rings (SSSR count). The molecule has 0 amide bonds. The minimum Gasteiger partial charge on any atom is -0.299 e. The van der Waals surface area contributed by atoms with Crippen LogP contribution >= 0.6 is 0 Å². The maximum Gasteiger partial charge on any atom is 0.145 e. The van der Waals surface area contributed by atoms with E-state index in [1.165, 1.54) is 6.92 Å². The molecule has 0 saturated carbocycles. The Kier molecular flexibility index (Phi) is 4.69. The van der Waals surface area contributed by atoms with Gasteiger partial charge in [-0.1, -0.05) is 31.5 Å². The smallest absolute Gasteiger partial charge is 0.145 e. The summed E-state index contributed by atoms with van der Waals surface area (Å²) >= 11 is 0. The molecule has 0 saturated heterocycles. The first-order valence-corrected chi connectivity index (χ1v) is 6.34. The summed E-state index contributed by atoms with van der Waals surface area (Å²) in [6.07, 6.45) is 1.57. The fourth-order valence-electron chi connectivity index (χ4n) is 1.44. The van der Waals surface area contributed by atoms with Crippen molar-refractivity contribution in [3.8, 4) is 0 Å². The molecule has 0 spiro atoms. The van der Waals surface area contributed by atoms with Gasteiger partial charge in [0.05, 0.1) is 16.0 Å². The Balaban J connectivity index is 2.86. The normalized spacial score (nSPS) is 14.5. The second kappa shape index (κ2) is 5.81. The molecule has 0 aliphatic heterocycles. The van der Waals surface area contributed by atoms with Gasteiger partial charge in [0.15, 0.2) is 0 Å². The van der Waals surface area contributed by atoms with Crippen molar-refractivity contribution in [1.82, 2.24) is 0 Å². The van der Waals surface area contributed by atoms with Crippen LogP contribution in [0.15, 0.2) is 35.2 Å². The van der Waals surface area contributed by atoms with Crippen LogP contribution in [-0.4, -0.2) is 15.2 Å². The van der Waals surface area contributed by atoms with Gasteiger partial charge in [0, 0.05) is 4.90 Å². The van der Waals surface area contributed by atoms with Crippen molar-refractivity contribution in [2.75, 3.05) is 0 Å². The fraction of sp³-hybridized carbons (Fsp3) is 0.417. The van der Waals surface area contributed by atoms with Crippen LogP contribution in [0.3, 0.4) is 0 Å². The van der Waals surface area contributed by atoms with Gasteiger partial charge in [-0.25, -0.2) is 0 Å². The number of hydrogen-bond donors (Lipinski definition) is 0. The van der Waals surface area contributed by atoms with E-state index in [0.717, 1.165) is 11.3 Å². The van der Waals surface area contributed by atoms with Crippen molar-refractivity contribution >= 4 is 16.6 Å². The molecular weight excluding hydrogens is 208 g/mol. The van der Waals surface area contributed by atoms with Crippen molar-refractivity contribution in [3.05, 3.63) is 30.3 Å². The monoisotopic (exact) mass is 224 g/mol. The van der Waals surface area contributed by atoms with Crippen LogP contribution < -0.4 is 0 Å². The third-order valence-electron chi connectivity index (χ3n) is 2.24. The average molecular weight is 224 g/mol. The highest BCUT2D eigenvalue weighted by Gasteiger charge is 2.21. The number of Topliss-reactive ketones (excluding diaryl/α,β-unsaturated/α-hetero) is 1. The van der Waals surface area contributed by atoms with Crippen LogP contribution in [0.5, 0.6) is 0 Å². The van der Waals surface area contributed by atoms with Gasteiger partial charge < -0.3 is 0 Å². The fourth-order valence-corrected chi connectivity index (χ4v) is 2.95. The van der Waals surface area contributed by atoms with Gasteiger partial charge in [-0.2, -0.15) is 0 Å². The van der Waals surface area contributed by atoms with Gasteiger partial charge in [-0.15, -0.1) is 0 Å². The van der Waals surface area contributed by atoms with E-state index >= 15 is 0 Å². The van der Waals surface area contributed by atoms with Crippen molar-refractivity contribution in [1.29, 1.82) is 0 Å². The quantitative estimate of drug-likeness (QED) is 0.770. The number of carbonyl (C=O) groups is 1. The predicted molar refractivity (Wildman–Crippen MR) is 62.2 cm³/mol. The molecule has 1 aromatic rings. The molecule has 0 heterocycles. The highest BCUT2D eigenvalue weighted by atomic mass is 32.2. The maximum atomic E-state index is 12.1. The van der Waals surface area contributed by atoms with E-state index < -0.39 is 10.8 Å².